The number of hydroxylamine groups is 1. The second-order valence-corrected chi connectivity index (χ2v) is 25.5. The number of hydrogen-bond acceptors (Lipinski definition) is 14. The fraction of sp³-hybridized carbons (Fsp3) is 0.459. The number of aliphatic hydroxyl groups is 1. The summed E-state index contributed by atoms with van der Waals surface area (Å²) in [6.07, 6.45) is 10.2. The molecule has 5 heterocycles. The molecular formula is C61H72FN9O8S. The molecule has 4 aromatic carbocycles. The third kappa shape index (κ3) is 9.97. The highest BCUT2D eigenvalue weighted by molar-refractivity contribution is 7.90. The van der Waals surface area contributed by atoms with Crippen molar-refractivity contribution in [2.75, 3.05) is 57.7 Å². The molecule has 17 nitrogen and oxygen atoms in total. The first-order chi connectivity index (χ1) is 38.4. The van der Waals surface area contributed by atoms with Gasteiger partial charge in [0.25, 0.3) is 21.8 Å². The van der Waals surface area contributed by atoms with Gasteiger partial charge in [0.15, 0.2) is 11.4 Å². The molecule has 6 aromatic rings. The fourth-order valence-corrected chi connectivity index (χ4v) is 15.0. The van der Waals surface area contributed by atoms with Crippen molar-refractivity contribution in [3.63, 3.8) is 0 Å². The molecule has 1 amide bonds. The van der Waals surface area contributed by atoms with Gasteiger partial charge in [-0.05, 0) is 129 Å². The Labute approximate surface area is 467 Å². The Hall–Kier alpha value is -6.61. The molecule has 2 aromatic heterocycles. The van der Waals surface area contributed by atoms with Crippen molar-refractivity contribution >= 4 is 49.9 Å². The minimum atomic E-state index is -4.70. The number of H-pyrrole nitrogens is 1. The molecule has 2 saturated carbocycles. The van der Waals surface area contributed by atoms with Gasteiger partial charge in [0.1, 0.15) is 33.4 Å². The summed E-state index contributed by atoms with van der Waals surface area (Å²) in [6.45, 7) is 10.4. The zero-order chi connectivity index (χ0) is 55.8. The van der Waals surface area contributed by atoms with Crippen LogP contribution in [-0.2, 0) is 23.0 Å². The molecule has 3 saturated heterocycles. The topological polar surface area (TPSA) is 202 Å². The van der Waals surface area contributed by atoms with Crippen LogP contribution in [0, 0.1) is 16.5 Å². The molecule has 3 aliphatic heterocycles. The molecule has 422 valence electrons. The molecule has 5 fully saturated rings. The number of rotatable bonds is 17. The Balaban J connectivity index is 0.778. The smallest absolute Gasteiger partial charge is 0.268 e. The fourth-order valence-electron chi connectivity index (χ4n) is 13.8. The second-order valence-electron chi connectivity index (χ2n) is 23.8. The second kappa shape index (κ2) is 21.0. The number of sulfonamides is 1. The van der Waals surface area contributed by atoms with E-state index in [1.54, 1.807) is 25.3 Å². The number of piperidine rings is 1. The summed E-state index contributed by atoms with van der Waals surface area (Å²) in [5.41, 5.74) is 5.91. The number of amides is 1. The summed E-state index contributed by atoms with van der Waals surface area (Å²) in [7, 11) is -0.215. The summed E-state index contributed by atoms with van der Waals surface area (Å²) in [6, 6.07) is 27.1. The summed E-state index contributed by atoms with van der Waals surface area (Å²) in [5, 5.41) is 26.8. The molecule has 2 unspecified atom stereocenters. The third-order valence-corrected chi connectivity index (χ3v) is 19.7. The summed E-state index contributed by atoms with van der Waals surface area (Å²) in [4.78, 5) is 33.9. The number of aromatic amines is 1. The van der Waals surface area contributed by atoms with E-state index >= 15 is 4.39 Å². The van der Waals surface area contributed by atoms with Gasteiger partial charge in [-0.2, -0.15) is 0 Å². The molecule has 12 rings (SSSR count). The van der Waals surface area contributed by atoms with Crippen LogP contribution >= 0.6 is 0 Å². The Morgan fingerprint density at radius 2 is 1.74 bits per heavy atom. The van der Waals surface area contributed by atoms with Gasteiger partial charge in [0, 0.05) is 80.7 Å². The van der Waals surface area contributed by atoms with Crippen LogP contribution in [0.3, 0.4) is 0 Å². The van der Waals surface area contributed by atoms with E-state index in [0.29, 0.717) is 66.4 Å². The van der Waals surface area contributed by atoms with E-state index < -0.39 is 27.4 Å². The average molecular weight is 1110 g/mol. The molecule has 0 radical (unpaired) electrons. The number of nitrogens with zero attached hydrogens (tertiary/aromatic N) is 5. The van der Waals surface area contributed by atoms with Gasteiger partial charge in [0.05, 0.1) is 56.0 Å². The number of carbonyl (C=O) groups excluding carboxylic acids is 1. The van der Waals surface area contributed by atoms with Crippen LogP contribution < -0.4 is 34.2 Å². The lowest BCUT2D eigenvalue weighted by Crippen LogP contribution is -2.98. The number of piperazine rings is 1. The van der Waals surface area contributed by atoms with E-state index in [0.717, 1.165) is 76.1 Å². The lowest BCUT2D eigenvalue weighted by Gasteiger charge is -2.72. The van der Waals surface area contributed by atoms with Crippen LogP contribution in [0.5, 0.6) is 23.1 Å². The standard InChI is InChI=1S/C61H72FN9O8S/c1-36(2)42-9-7-8-10-43(42)56-57-49(34-70(57)33-38-11-14-41(77-5)15-12-38)71(56)40-30-61(31-40)23-25-69(26-24-61)39-13-16-44(50(27-39)79-51-28-45-46(62)17-18-47(45)66-59(51)78-6)58(72)67-80(75,76)52-29-48(68(4)74)53(55-54(52)64-35-65-55)63-32-37-19-21-60(3,73)22-20-37/h7-17,27-29,35-37,40,49,56-57,63,68,73H,18-26,30-34H2,1-6H3,(H,64,65)(H,67,72)/t37?,49?,56-,57+,60?/m1/s1. The first-order valence-corrected chi connectivity index (χ1v) is 29.7. The number of likely N-dealkylation sites (tertiary alicyclic amines) is 2. The lowest BCUT2D eigenvalue weighted by molar-refractivity contribution is -0.750. The van der Waals surface area contributed by atoms with Gasteiger partial charge in [-0.3, -0.25) is 14.6 Å². The van der Waals surface area contributed by atoms with Crippen molar-refractivity contribution in [3.05, 3.63) is 130 Å². The number of hydrogen-bond donors (Lipinski definition) is 5. The minimum absolute atomic E-state index is 0.0151. The van der Waals surface area contributed by atoms with Crippen LogP contribution in [-0.4, -0.2) is 115 Å². The minimum Gasteiger partial charge on any atom is -0.629 e. The van der Waals surface area contributed by atoms with E-state index in [1.807, 2.05) is 19.1 Å². The largest absolute Gasteiger partial charge is 0.629 e. The van der Waals surface area contributed by atoms with Crippen molar-refractivity contribution in [2.24, 2.45) is 11.3 Å². The zero-order valence-electron chi connectivity index (χ0n) is 46.4. The van der Waals surface area contributed by atoms with E-state index in [-0.39, 0.29) is 67.4 Å². The van der Waals surface area contributed by atoms with Gasteiger partial charge in [-0.1, -0.05) is 50.2 Å². The summed E-state index contributed by atoms with van der Waals surface area (Å²) >= 11 is 0. The van der Waals surface area contributed by atoms with E-state index in [9.17, 15) is 23.5 Å². The van der Waals surface area contributed by atoms with Crippen LogP contribution in [0.1, 0.15) is 122 Å². The first kappa shape index (κ1) is 54.0. The summed E-state index contributed by atoms with van der Waals surface area (Å²) in [5.74, 6) is 0.195. The SMILES string of the molecule is COc1ccc(CN2CC3[C@H]2[C@@H](c2ccccc2C(C)C)N3C2CC3(CCN(c4ccc(C(=O)NS(=O)(=O)c5cc([NH+](C)[O-])c(NCC6CCC(C)(O)CC6)c6[nH]cnc56)c(Oc5cc6c(nc5OC)CC=C6F)c4)CC3)C2)cc1. The molecule has 6 aliphatic rings. The van der Waals surface area contributed by atoms with E-state index in [4.69, 9.17) is 14.2 Å². The third-order valence-electron chi connectivity index (χ3n) is 18.4. The Bertz CT molecular complexity index is 3470. The quantitative estimate of drug-likeness (QED) is 0.0542. The van der Waals surface area contributed by atoms with Crippen LogP contribution in [0.2, 0.25) is 0 Å². The monoisotopic (exact) mass is 1110 g/mol. The van der Waals surface area contributed by atoms with Gasteiger partial charge in [0.2, 0.25) is 0 Å². The molecule has 1 spiro atoms. The number of nitrogens with one attached hydrogen (secondary N) is 4. The molecule has 0 bridgehead atoms. The highest BCUT2D eigenvalue weighted by Gasteiger charge is 2.64. The molecule has 3 aliphatic carbocycles. The van der Waals surface area contributed by atoms with Crippen molar-refractivity contribution in [1.82, 2.24) is 29.5 Å². The number of pyridine rings is 1. The number of imidazole rings is 1. The predicted octanol–water partition coefficient (Wildman–Crippen LogP) is 8.93. The van der Waals surface area contributed by atoms with Crippen molar-refractivity contribution < 1.29 is 42.0 Å². The number of ether oxygens (including phenoxy) is 3. The van der Waals surface area contributed by atoms with E-state index in [1.165, 1.54) is 55.4 Å². The van der Waals surface area contributed by atoms with Crippen LogP contribution in [0.25, 0.3) is 16.9 Å². The number of methoxy groups -OCH3 is 2. The highest BCUT2D eigenvalue weighted by atomic mass is 32.2. The molecular weight excluding hydrogens is 1040 g/mol. The predicted molar refractivity (Wildman–Crippen MR) is 305 cm³/mol. The Kier molecular flexibility index (Phi) is 14.2. The number of aromatic nitrogens is 3. The van der Waals surface area contributed by atoms with Gasteiger partial charge in [-0.25, -0.2) is 27.5 Å². The van der Waals surface area contributed by atoms with Crippen molar-refractivity contribution in [2.45, 2.75) is 126 Å². The summed E-state index contributed by atoms with van der Waals surface area (Å²) < 4.78 is 63.9. The Morgan fingerprint density at radius 3 is 2.45 bits per heavy atom. The molecule has 80 heavy (non-hydrogen) atoms. The number of allylic oxidation sites excluding steroid dienone is 1. The van der Waals surface area contributed by atoms with Crippen molar-refractivity contribution in [1.29, 1.82) is 0 Å². The number of benzene rings is 4. The number of anilines is 2. The zero-order valence-corrected chi connectivity index (χ0v) is 47.2. The first-order valence-electron chi connectivity index (χ1n) is 28.2. The van der Waals surface area contributed by atoms with Crippen molar-refractivity contribution in [3.8, 4) is 23.1 Å². The van der Waals surface area contributed by atoms with Crippen LogP contribution in [0.4, 0.5) is 21.5 Å². The molecule has 5 N–H and O–H groups in total. The molecule has 4 atom stereocenters. The number of carbonyl (C=O) groups is 1. The van der Waals surface area contributed by atoms with Crippen LogP contribution in [0.15, 0.2) is 96.2 Å². The number of fused-ring (bicyclic) bond motifs is 3. The Morgan fingerprint density at radius 1 is 0.988 bits per heavy atom. The maximum absolute atomic E-state index is 15.1. The average Bonchev–Trinajstić information content (AvgIpc) is 3.44. The maximum atomic E-state index is 15.1. The molecule has 19 heteroatoms. The number of quaternary nitrogens is 1. The van der Waals surface area contributed by atoms with Gasteiger partial charge < -0.3 is 44.8 Å². The lowest BCUT2D eigenvalue weighted by atomic mass is 9.57. The normalized spacial score (nSPS) is 24.1. The van der Waals surface area contributed by atoms with E-state index in [2.05, 4.69) is 89.9 Å². The van der Waals surface area contributed by atoms with Gasteiger partial charge >= 0.3 is 0 Å². The maximum Gasteiger partial charge on any atom is 0.268 e. The van der Waals surface area contributed by atoms with Gasteiger partial charge in [-0.15, -0.1) is 0 Å². The highest BCUT2D eigenvalue weighted by Crippen LogP contribution is 2.60. The number of halogens is 1.